The zero-order chi connectivity index (χ0) is 16.7. The van der Waals surface area contributed by atoms with Gasteiger partial charge in [0.25, 0.3) is 5.91 Å². The lowest BCUT2D eigenvalue weighted by molar-refractivity contribution is -0.117. The third-order valence-corrected chi connectivity index (χ3v) is 2.65. The highest BCUT2D eigenvalue weighted by molar-refractivity contribution is 6.01. The summed E-state index contributed by atoms with van der Waals surface area (Å²) in [5.41, 5.74) is 0.747. The first kappa shape index (κ1) is 17.6. The lowest BCUT2D eigenvalue weighted by Gasteiger charge is -2.14. The molecule has 1 aromatic carbocycles. The van der Waals surface area contributed by atoms with Crippen LogP contribution in [-0.2, 0) is 4.79 Å². The van der Waals surface area contributed by atoms with E-state index >= 15 is 0 Å². The summed E-state index contributed by atoms with van der Waals surface area (Å²) in [4.78, 5) is 11.9. The largest absolute Gasteiger partial charge is 0.493 e. The van der Waals surface area contributed by atoms with Gasteiger partial charge in [0.15, 0.2) is 11.5 Å². The second kappa shape index (κ2) is 8.08. The van der Waals surface area contributed by atoms with Crippen molar-refractivity contribution >= 4 is 12.0 Å². The molecule has 0 fully saturated rings. The maximum atomic E-state index is 11.9. The van der Waals surface area contributed by atoms with Crippen LogP contribution in [0.3, 0.4) is 0 Å². The molecule has 0 aliphatic heterocycles. The third-order valence-electron chi connectivity index (χ3n) is 2.65. The Bertz CT molecular complexity index is 598. The van der Waals surface area contributed by atoms with Crippen molar-refractivity contribution in [3.8, 4) is 17.6 Å². The molecular weight excluding hydrogens is 280 g/mol. The molecule has 1 amide bonds. The molecule has 118 valence electrons. The van der Waals surface area contributed by atoms with Crippen LogP contribution in [0.25, 0.3) is 6.08 Å². The Kier molecular flexibility index (Phi) is 6.46. The van der Waals surface area contributed by atoms with Crippen LogP contribution in [0.4, 0.5) is 0 Å². The molecule has 0 spiro atoms. The maximum absolute atomic E-state index is 11.9. The molecule has 0 aliphatic carbocycles. The molecule has 0 bridgehead atoms. The number of amides is 1. The van der Waals surface area contributed by atoms with Crippen molar-refractivity contribution in [2.24, 2.45) is 0 Å². The molecule has 1 aromatic rings. The number of methoxy groups -OCH3 is 1. The summed E-state index contributed by atoms with van der Waals surface area (Å²) in [5.74, 6) is 0.794. The fourth-order valence-corrected chi connectivity index (χ4v) is 1.78. The van der Waals surface area contributed by atoms with Gasteiger partial charge in [0, 0.05) is 6.04 Å². The second-order valence-corrected chi connectivity index (χ2v) is 5.37. The minimum absolute atomic E-state index is 0.0272. The molecule has 0 unspecified atom stereocenters. The van der Waals surface area contributed by atoms with Crippen molar-refractivity contribution in [2.45, 2.75) is 39.8 Å². The summed E-state index contributed by atoms with van der Waals surface area (Å²) >= 11 is 0. The molecule has 0 radical (unpaired) electrons. The Hall–Kier alpha value is -2.48. The van der Waals surface area contributed by atoms with E-state index in [4.69, 9.17) is 14.7 Å². The van der Waals surface area contributed by atoms with Gasteiger partial charge in [-0.1, -0.05) is 6.07 Å². The van der Waals surface area contributed by atoms with E-state index in [1.54, 1.807) is 25.3 Å². The third kappa shape index (κ3) is 5.13. The van der Waals surface area contributed by atoms with Crippen LogP contribution in [-0.4, -0.2) is 25.2 Å². The highest BCUT2D eigenvalue weighted by Gasteiger charge is 2.11. The quantitative estimate of drug-likeness (QED) is 0.648. The number of hydrogen-bond acceptors (Lipinski definition) is 4. The van der Waals surface area contributed by atoms with Gasteiger partial charge in [-0.2, -0.15) is 5.26 Å². The van der Waals surface area contributed by atoms with Crippen molar-refractivity contribution in [2.75, 3.05) is 7.11 Å². The molecule has 0 saturated carbocycles. The molecule has 0 aromatic heterocycles. The smallest absolute Gasteiger partial charge is 0.262 e. The van der Waals surface area contributed by atoms with E-state index in [9.17, 15) is 4.79 Å². The van der Waals surface area contributed by atoms with Gasteiger partial charge in [-0.25, -0.2) is 0 Å². The normalized spacial score (nSPS) is 11.3. The Labute approximate surface area is 131 Å². The van der Waals surface area contributed by atoms with E-state index in [0.29, 0.717) is 17.1 Å². The summed E-state index contributed by atoms with van der Waals surface area (Å²) in [6.45, 7) is 7.54. The number of rotatable bonds is 6. The van der Waals surface area contributed by atoms with Crippen LogP contribution in [0.1, 0.15) is 33.3 Å². The van der Waals surface area contributed by atoms with Crippen molar-refractivity contribution in [3.05, 3.63) is 29.3 Å². The summed E-state index contributed by atoms with van der Waals surface area (Å²) < 4.78 is 10.9. The number of hydrogen-bond donors (Lipinski definition) is 1. The van der Waals surface area contributed by atoms with Crippen LogP contribution in [0.2, 0.25) is 0 Å². The zero-order valence-corrected chi connectivity index (χ0v) is 13.6. The average Bonchev–Trinajstić information content (AvgIpc) is 2.44. The first-order valence-electron chi connectivity index (χ1n) is 7.14. The Morgan fingerprint density at radius 3 is 2.45 bits per heavy atom. The van der Waals surface area contributed by atoms with E-state index in [1.807, 2.05) is 33.8 Å². The number of ether oxygens (including phenoxy) is 2. The number of benzene rings is 1. The molecule has 1 rings (SSSR count). The van der Waals surface area contributed by atoms with Gasteiger partial charge in [-0.3, -0.25) is 4.79 Å². The number of nitrogens with zero attached hydrogens (tertiary/aromatic N) is 1. The predicted octanol–water partition coefficient (Wildman–Crippen LogP) is 2.91. The van der Waals surface area contributed by atoms with Crippen molar-refractivity contribution in [3.63, 3.8) is 0 Å². The Morgan fingerprint density at radius 1 is 1.27 bits per heavy atom. The number of nitriles is 1. The molecule has 0 saturated heterocycles. The number of carbonyl (C=O) groups excluding carboxylic acids is 1. The molecule has 5 heteroatoms. The molecule has 0 atom stereocenters. The van der Waals surface area contributed by atoms with Crippen molar-refractivity contribution in [1.82, 2.24) is 5.32 Å². The van der Waals surface area contributed by atoms with E-state index in [0.717, 1.165) is 0 Å². The summed E-state index contributed by atoms with van der Waals surface area (Å²) in [6.07, 6.45) is 1.56. The van der Waals surface area contributed by atoms with Crippen LogP contribution >= 0.6 is 0 Å². The summed E-state index contributed by atoms with van der Waals surface area (Å²) in [7, 11) is 1.55. The number of nitrogens with one attached hydrogen (secondary N) is 1. The van der Waals surface area contributed by atoms with Crippen LogP contribution < -0.4 is 14.8 Å². The lowest BCUT2D eigenvalue weighted by Crippen LogP contribution is -2.30. The molecule has 1 N–H and O–H groups in total. The van der Waals surface area contributed by atoms with Crippen molar-refractivity contribution in [1.29, 1.82) is 5.26 Å². The monoisotopic (exact) mass is 302 g/mol. The van der Waals surface area contributed by atoms with Gasteiger partial charge in [-0.15, -0.1) is 0 Å². The van der Waals surface area contributed by atoms with Crippen LogP contribution in [0, 0.1) is 11.3 Å². The molecule has 0 aliphatic rings. The van der Waals surface area contributed by atoms with Crippen LogP contribution in [0.5, 0.6) is 11.5 Å². The summed E-state index contributed by atoms with van der Waals surface area (Å²) in [6, 6.07) is 7.17. The molecule has 22 heavy (non-hydrogen) atoms. The second-order valence-electron chi connectivity index (χ2n) is 5.37. The van der Waals surface area contributed by atoms with Gasteiger partial charge >= 0.3 is 0 Å². The zero-order valence-electron chi connectivity index (χ0n) is 13.6. The number of carbonyl (C=O) groups is 1. The van der Waals surface area contributed by atoms with E-state index in [-0.39, 0.29) is 23.6 Å². The standard InChI is InChI=1S/C17H22N2O3/c1-11(2)19-17(20)14(10-18)8-13-6-7-15(22-12(3)4)16(9-13)21-5/h6-9,11-12H,1-5H3,(H,19,20)/b14-8-. The lowest BCUT2D eigenvalue weighted by atomic mass is 10.1. The fraction of sp³-hybridized carbons (Fsp3) is 0.412. The van der Waals surface area contributed by atoms with Gasteiger partial charge in [0.1, 0.15) is 11.6 Å². The Morgan fingerprint density at radius 2 is 1.95 bits per heavy atom. The van der Waals surface area contributed by atoms with Gasteiger partial charge < -0.3 is 14.8 Å². The van der Waals surface area contributed by atoms with Crippen LogP contribution in [0.15, 0.2) is 23.8 Å². The highest BCUT2D eigenvalue weighted by atomic mass is 16.5. The fourth-order valence-electron chi connectivity index (χ4n) is 1.78. The van der Waals surface area contributed by atoms with E-state index < -0.39 is 0 Å². The van der Waals surface area contributed by atoms with E-state index in [1.165, 1.54) is 6.08 Å². The van der Waals surface area contributed by atoms with E-state index in [2.05, 4.69) is 5.32 Å². The maximum Gasteiger partial charge on any atom is 0.262 e. The predicted molar refractivity (Wildman–Crippen MR) is 85.6 cm³/mol. The van der Waals surface area contributed by atoms with Gasteiger partial charge in [-0.05, 0) is 51.5 Å². The molecule has 0 heterocycles. The first-order chi connectivity index (χ1) is 10.4. The SMILES string of the molecule is COc1cc(/C=C(/C#N)C(=O)NC(C)C)ccc1OC(C)C. The van der Waals surface area contributed by atoms with Gasteiger partial charge in [0.05, 0.1) is 13.2 Å². The topological polar surface area (TPSA) is 71.3 Å². The minimum Gasteiger partial charge on any atom is -0.493 e. The average molecular weight is 302 g/mol. The Balaban J connectivity index is 3.08. The first-order valence-corrected chi connectivity index (χ1v) is 7.14. The molecular formula is C17H22N2O3. The minimum atomic E-state index is -0.390. The van der Waals surface area contributed by atoms with Crippen molar-refractivity contribution < 1.29 is 14.3 Å². The molecule has 5 nitrogen and oxygen atoms in total. The summed E-state index contributed by atoms with van der Waals surface area (Å²) in [5, 5.41) is 11.8. The highest BCUT2D eigenvalue weighted by Crippen LogP contribution is 2.29. The van der Waals surface area contributed by atoms with Gasteiger partial charge in [0.2, 0.25) is 0 Å².